The van der Waals surface area contributed by atoms with Crippen LogP contribution in [-0.4, -0.2) is 55.3 Å². The number of amides is 1. The summed E-state index contributed by atoms with van der Waals surface area (Å²) in [6.45, 7) is 4.61. The van der Waals surface area contributed by atoms with Crippen LogP contribution in [0.5, 0.6) is 5.75 Å². The average Bonchev–Trinajstić information content (AvgIpc) is 3.38. The molecule has 280 valence electrons. The number of nitrogens with zero attached hydrogens (tertiary/aromatic N) is 2. The monoisotopic (exact) mass is 762 g/mol. The summed E-state index contributed by atoms with van der Waals surface area (Å²) in [7, 11) is -3.52. The van der Waals surface area contributed by atoms with Crippen molar-refractivity contribution in [3.63, 3.8) is 0 Å². The smallest absolute Gasteiger partial charge is 0.471 e. The summed E-state index contributed by atoms with van der Waals surface area (Å²) >= 11 is 6.17. The molecule has 3 aliphatic rings. The van der Waals surface area contributed by atoms with Gasteiger partial charge in [-0.25, -0.2) is 4.79 Å². The molecular formula is C38H42ClF3N2O7S. The second-order valence-electron chi connectivity index (χ2n) is 14.6. The Morgan fingerprint density at radius 3 is 2.50 bits per heavy atom. The van der Waals surface area contributed by atoms with Crippen LogP contribution in [0, 0.1) is 11.8 Å². The van der Waals surface area contributed by atoms with Crippen LogP contribution in [0.15, 0.2) is 59.6 Å². The number of hydrogen-bond donors (Lipinski definition) is 1. The van der Waals surface area contributed by atoms with Crippen LogP contribution in [0.4, 0.5) is 18.9 Å². The number of carbonyl (C=O) groups excluding carboxylic acids is 2. The van der Waals surface area contributed by atoms with Crippen molar-refractivity contribution in [2.45, 2.75) is 99.6 Å². The number of rotatable bonds is 9. The molecule has 3 aliphatic carbocycles. The molecule has 9 nitrogen and oxygen atoms in total. The zero-order valence-electron chi connectivity index (χ0n) is 29.2. The summed E-state index contributed by atoms with van der Waals surface area (Å²) in [6, 6.07) is 11.7. The topological polar surface area (TPSA) is 123 Å². The van der Waals surface area contributed by atoms with E-state index in [-0.39, 0.29) is 53.1 Å². The van der Waals surface area contributed by atoms with Crippen LogP contribution in [-0.2, 0) is 42.7 Å². The molecule has 1 spiro atoms. The Morgan fingerprint density at radius 2 is 1.85 bits per heavy atom. The van der Waals surface area contributed by atoms with E-state index in [0.29, 0.717) is 35.8 Å². The fraction of sp³-hybridized carbons (Fsp3) is 0.500. The first kappa shape index (κ1) is 38.1. The van der Waals surface area contributed by atoms with Gasteiger partial charge in [0, 0.05) is 28.2 Å². The molecule has 0 aliphatic heterocycles. The quantitative estimate of drug-likeness (QED) is 0.172. The third kappa shape index (κ3) is 7.03. The third-order valence-corrected chi connectivity index (χ3v) is 12.5. The number of methoxy groups -OCH3 is 1. The Kier molecular flexibility index (Phi) is 10.5. The Labute approximate surface area is 306 Å². The van der Waals surface area contributed by atoms with E-state index in [1.165, 1.54) is 36.4 Å². The third-order valence-electron chi connectivity index (χ3n) is 11.4. The van der Waals surface area contributed by atoms with Gasteiger partial charge < -0.3 is 9.47 Å². The van der Waals surface area contributed by atoms with E-state index < -0.39 is 39.1 Å². The number of aromatic nitrogens is 1. The molecule has 1 fully saturated rings. The van der Waals surface area contributed by atoms with Gasteiger partial charge in [-0.1, -0.05) is 37.6 Å². The number of ether oxygens (including phenoxy) is 2. The molecule has 2 aromatic carbocycles. The van der Waals surface area contributed by atoms with Crippen molar-refractivity contribution in [2.24, 2.45) is 11.8 Å². The van der Waals surface area contributed by atoms with Gasteiger partial charge in [0.2, 0.25) is 0 Å². The van der Waals surface area contributed by atoms with Gasteiger partial charge in [0.05, 0.1) is 18.6 Å². The zero-order valence-corrected chi connectivity index (χ0v) is 30.8. The molecule has 52 heavy (non-hydrogen) atoms. The maximum absolute atomic E-state index is 14.3. The minimum Gasteiger partial charge on any atom is -0.493 e. The van der Waals surface area contributed by atoms with Crippen molar-refractivity contribution in [3.8, 4) is 5.75 Å². The van der Waals surface area contributed by atoms with Crippen LogP contribution >= 0.6 is 11.6 Å². The lowest BCUT2D eigenvalue weighted by molar-refractivity contribution is -0.174. The molecule has 1 aromatic heterocycles. The summed E-state index contributed by atoms with van der Waals surface area (Å²) in [6.07, 6.45) is 0.430. The van der Waals surface area contributed by atoms with Crippen LogP contribution in [0.25, 0.3) is 0 Å². The number of benzene rings is 2. The Hall–Kier alpha value is -3.68. The van der Waals surface area contributed by atoms with Crippen molar-refractivity contribution in [1.82, 2.24) is 4.98 Å². The first-order valence-corrected chi connectivity index (χ1v) is 19.3. The molecule has 14 heteroatoms. The molecule has 1 amide bonds. The van der Waals surface area contributed by atoms with Gasteiger partial charge in [0.25, 0.3) is 10.1 Å². The van der Waals surface area contributed by atoms with Crippen molar-refractivity contribution in [2.75, 3.05) is 18.6 Å². The summed E-state index contributed by atoms with van der Waals surface area (Å²) in [5.74, 6) is -2.23. The Balaban J connectivity index is 1.35. The maximum atomic E-state index is 14.3. The summed E-state index contributed by atoms with van der Waals surface area (Å²) in [5, 5.41) is 0.0743. The second kappa shape index (κ2) is 14.3. The average molecular weight is 763 g/mol. The minimum absolute atomic E-state index is 0.00185. The van der Waals surface area contributed by atoms with Gasteiger partial charge in [0.15, 0.2) is 0 Å². The number of carbonyl (C=O) groups is 2. The predicted octanol–water partition coefficient (Wildman–Crippen LogP) is 8.02. The fourth-order valence-corrected chi connectivity index (χ4v) is 9.69. The first-order chi connectivity index (χ1) is 24.5. The SMILES string of the molecule is COC(=O)C1(N(C(=O)C(F)(F)F)c2cccc(Cl)c2)CCC2(CC1)c1cc(S(=O)(=O)O)ccc1CC2C[C@@H](C)COc1ccnc2c1[C@H](C)CCC2. The molecular weight excluding hydrogens is 721 g/mol. The molecule has 1 N–H and O–H groups in total. The number of esters is 1. The number of fused-ring (bicyclic) bond motifs is 3. The fourth-order valence-electron chi connectivity index (χ4n) is 9.00. The number of pyridine rings is 1. The van der Waals surface area contributed by atoms with Crippen molar-refractivity contribution in [3.05, 3.63) is 82.1 Å². The van der Waals surface area contributed by atoms with Crippen molar-refractivity contribution in [1.29, 1.82) is 0 Å². The molecule has 3 atom stereocenters. The van der Waals surface area contributed by atoms with Gasteiger partial charge in [-0.3, -0.25) is 19.2 Å². The predicted molar refractivity (Wildman–Crippen MR) is 188 cm³/mol. The Morgan fingerprint density at radius 1 is 1.12 bits per heavy atom. The van der Waals surface area contributed by atoms with Crippen molar-refractivity contribution >= 4 is 39.3 Å². The number of alkyl halides is 3. The van der Waals surface area contributed by atoms with E-state index in [1.54, 1.807) is 12.3 Å². The van der Waals surface area contributed by atoms with Crippen LogP contribution < -0.4 is 9.64 Å². The van der Waals surface area contributed by atoms with Gasteiger partial charge in [-0.15, -0.1) is 0 Å². The van der Waals surface area contributed by atoms with E-state index >= 15 is 0 Å². The van der Waals surface area contributed by atoms with Gasteiger partial charge in [-0.05, 0) is 128 Å². The number of anilines is 1. The first-order valence-electron chi connectivity index (χ1n) is 17.5. The Bertz CT molecular complexity index is 1960. The highest BCUT2D eigenvalue weighted by molar-refractivity contribution is 7.85. The van der Waals surface area contributed by atoms with Crippen LogP contribution in [0.2, 0.25) is 5.02 Å². The lowest BCUT2D eigenvalue weighted by Crippen LogP contribution is -2.63. The summed E-state index contributed by atoms with van der Waals surface area (Å²) < 4.78 is 88.9. The van der Waals surface area contributed by atoms with E-state index in [2.05, 4.69) is 18.8 Å². The number of hydrogen-bond acceptors (Lipinski definition) is 7. The molecule has 0 bridgehead atoms. The van der Waals surface area contributed by atoms with Crippen LogP contribution in [0.1, 0.15) is 87.1 Å². The maximum Gasteiger partial charge on any atom is 0.471 e. The lowest BCUT2D eigenvalue weighted by atomic mass is 9.59. The van der Waals surface area contributed by atoms with Crippen molar-refractivity contribution < 1.29 is 45.2 Å². The standard InChI is InChI=1S/C38H42ClF3N2O7S/c1-23(22-51-32-12-17-43-31-9-4-6-24(2)33(31)32)18-26-19-25-10-11-29(52(47,48)49)21-30(25)36(26)13-15-37(16-14-36,35(46)50-3)44(34(45)38(40,41)42)28-8-5-7-27(39)20-28/h5,7-8,10-12,17,20-21,23-24,26H,4,6,9,13-16,18-19,22H2,1-3H3,(H,47,48,49)/t23-,24-,26?,36?,37?/m1/s1. The summed E-state index contributed by atoms with van der Waals surface area (Å²) in [5.41, 5.74) is 0.652. The summed E-state index contributed by atoms with van der Waals surface area (Å²) in [4.78, 5) is 31.7. The van der Waals surface area contributed by atoms with E-state index in [0.717, 1.165) is 48.9 Å². The minimum atomic E-state index is -5.33. The highest BCUT2D eigenvalue weighted by Crippen LogP contribution is 2.58. The van der Waals surface area contributed by atoms with Gasteiger partial charge >= 0.3 is 18.1 Å². The highest BCUT2D eigenvalue weighted by Gasteiger charge is 2.60. The molecule has 6 rings (SSSR count). The highest BCUT2D eigenvalue weighted by atomic mass is 35.5. The molecule has 1 saturated carbocycles. The molecule has 1 unspecified atom stereocenters. The van der Waals surface area contributed by atoms with Gasteiger partial charge in [0.1, 0.15) is 11.3 Å². The molecule has 1 heterocycles. The lowest BCUT2D eigenvalue weighted by Gasteiger charge is -2.51. The van der Waals surface area contributed by atoms with Gasteiger partial charge in [-0.2, -0.15) is 21.6 Å². The van der Waals surface area contributed by atoms with E-state index in [1.807, 2.05) is 6.07 Å². The number of aryl methyl sites for hydroxylation is 1. The van der Waals surface area contributed by atoms with E-state index in [4.69, 9.17) is 21.1 Å². The second-order valence-corrected chi connectivity index (χ2v) is 16.5. The van der Waals surface area contributed by atoms with Crippen LogP contribution in [0.3, 0.4) is 0 Å². The molecule has 0 radical (unpaired) electrons. The zero-order chi connectivity index (χ0) is 37.6. The molecule has 0 saturated heterocycles. The van der Waals surface area contributed by atoms with E-state index in [9.17, 15) is 35.7 Å². The molecule has 3 aromatic rings. The normalized spacial score (nSPS) is 24.8. The largest absolute Gasteiger partial charge is 0.493 e. The number of halogens is 4.